The van der Waals surface area contributed by atoms with Gasteiger partial charge in [-0.05, 0) is 18.4 Å². The molecule has 1 N–H and O–H groups in total. The number of aromatic nitrogens is 3. The summed E-state index contributed by atoms with van der Waals surface area (Å²) in [6.07, 6.45) is 2.74. The molecule has 0 fully saturated rings. The van der Waals surface area contributed by atoms with Crippen molar-refractivity contribution < 1.29 is 4.79 Å². The maximum Gasteiger partial charge on any atom is 0.337 e. The minimum Gasteiger partial charge on any atom is -0.347 e. The molecule has 0 spiro atoms. The molecule has 2 aromatic rings. The van der Waals surface area contributed by atoms with E-state index in [-0.39, 0.29) is 19.1 Å². The van der Waals surface area contributed by atoms with Crippen LogP contribution in [-0.2, 0) is 24.4 Å². The third-order valence-electron chi connectivity index (χ3n) is 3.66. The predicted molar refractivity (Wildman–Crippen MR) is 100 cm³/mol. The van der Waals surface area contributed by atoms with Crippen molar-refractivity contribution in [3.63, 3.8) is 0 Å². The van der Waals surface area contributed by atoms with Crippen LogP contribution in [0.25, 0.3) is 0 Å². The van der Waals surface area contributed by atoms with Gasteiger partial charge in [-0.3, -0.25) is 4.79 Å². The van der Waals surface area contributed by atoms with E-state index >= 15 is 0 Å². The molecule has 8 nitrogen and oxygen atoms in total. The van der Waals surface area contributed by atoms with Crippen molar-refractivity contribution in [1.29, 1.82) is 0 Å². The molecule has 2 heterocycles. The number of thiophene rings is 1. The second kappa shape index (κ2) is 8.43. The topological polar surface area (TPSA) is 95.1 Å². The zero-order chi connectivity index (χ0) is 19.3. The molecular weight excluding hydrogens is 356 g/mol. The highest BCUT2D eigenvalue weighted by molar-refractivity contribution is 7.10. The summed E-state index contributed by atoms with van der Waals surface area (Å²) in [5.41, 5.74) is -2.46. The number of carbonyl (C=O) groups is 1. The van der Waals surface area contributed by atoms with Crippen molar-refractivity contribution >= 4 is 17.2 Å². The van der Waals surface area contributed by atoms with Crippen molar-refractivity contribution in [2.45, 2.75) is 32.6 Å². The number of rotatable bonds is 8. The van der Waals surface area contributed by atoms with E-state index in [9.17, 15) is 19.2 Å². The Balaban J connectivity index is 2.38. The minimum absolute atomic E-state index is 0.0672. The lowest BCUT2D eigenvalue weighted by atomic mass is 10.3. The summed E-state index contributed by atoms with van der Waals surface area (Å²) in [5.74, 6) is -0.501. The highest BCUT2D eigenvalue weighted by atomic mass is 32.1. The quantitative estimate of drug-likeness (QED) is 0.678. The molecule has 0 saturated heterocycles. The van der Waals surface area contributed by atoms with Gasteiger partial charge in [-0.25, -0.2) is 28.1 Å². The van der Waals surface area contributed by atoms with E-state index in [0.29, 0.717) is 0 Å². The molecule has 0 unspecified atom stereocenters. The number of nitrogens with zero attached hydrogens (tertiary/aromatic N) is 3. The molecule has 0 radical (unpaired) electrons. The maximum atomic E-state index is 12.5. The van der Waals surface area contributed by atoms with Gasteiger partial charge in [0.15, 0.2) is 0 Å². The third kappa shape index (κ3) is 3.99. The number of hydrogen-bond donors (Lipinski definition) is 1. The van der Waals surface area contributed by atoms with Gasteiger partial charge in [-0.15, -0.1) is 24.5 Å². The molecule has 0 bridgehead atoms. The van der Waals surface area contributed by atoms with Gasteiger partial charge in [0.05, 0.1) is 19.1 Å². The Morgan fingerprint density at radius 3 is 2.12 bits per heavy atom. The monoisotopic (exact) mass is 376 g/mol. The van der Waals surface area contributed by atoms with Crippen LogP contribution in [0.4, 0.5) is 0 Å². The van der Waals surface area contributed by atoms with Gasteiger partial charge in [-0.1, -0.05) is 18.2 Å². The van der Waals surface area contributed by atoms with Crippen molar-refractivity contribution in [2.75, 3.05) is 0 Å². The van der Waals surface area contributed by atoms with Crippen LogP contribution in [0.3, 0.4) is 0 Å². The molecule has 1 amide bonds. The number of carbonyl (C=O) groups excluding carboxylic acids is 1. The average Bonchev–Trinajstić information content (AvgIpc) is 3.14. The molecule has 1 atom stereocenters. The van der Waals surface area contributed by atoms with E-state index in [4.69, 9.17) is 0 Å². The first kappa shape index (κ1) is 19.4. The third-order valence-corrected chi connectivity index (χ3v) is 4.71. The summed E-state index contributed by atoms with van der Waals surface area (Å²) in [6.45, 7) is 8.19. The first-order valence-corrected chi connectivity index (χ1v) is 8.77. The summed E-state index contributed by atoms with van der Waals surface area (Å²) < 4.78 is 2.45. The highest BCUT2D eigenvalue weighted by Crippen LogP contribution is 2.17. The Hall–Kier alpha value is -2.94. The Morgan fingerprint density at radius 1 is 1.12 bits per heavy atom. The zero-order valence-electron chi connectivity index (χ0n) is 14.4. The Labute approximate surface area is 153 Å². The van der Waals surface area contributed by atoms with Gasteiger partial charge < -0.3 is 5.32 Å². The standard InChI is InChI=1S/C17H20N4O4S/c1-4-8-19-15(23)20(9-5-2)17(25)21(16(19)24)11-14(22)18-12(3)13-7-6-10-26-13/h4-7,10,12H,1-2,8-9,11H2,3H3,(H,18,22)/t12-/m1/s1. The van der Waals surface area contributed by atoms with E-state index in [1.807, 2.05) is 17.5 Å². The first-order chi connectivity index (χ1) is 12.4. The van der Waals surface area contributed by atoms with E-state index in [1.165, 1.54) is 23.5 Å². The fourth-order valence-corrected chi connectivity index (χ4v) is 3.16. The summed E-state index contributed by atoms with van der Waals surface area (Å²) in [5, 5.41) is 4.63. The Kier molecular flexibility index (Phi) is 6.29. The van der Waals surface area contributed by atoms with E-state index in [1.54, 1.807) is 6.92 Å². The van der Waals surface area contributed by atoms with Gasteiger partial charge in [-0.2, -0.15) is 0 Å². The van der Waals surface area contributed by atoms with Crippen molar-refractivity contribution in [2.24, 2.45) is 0 Å². The van der Waals surface area contributed by atoms with E-state index < -0.39 is 29.5 Å². The molecule has 9 heteroatoms. The maximum absolute atomic E-state index is 12.5. The van der Waals surface area contributed by atoms with Gasteiger partial charge in [0.2, 0.25) is 5.91 Å². The Morgan fingerprint density at radius 2 is 1.65 bits per heavy atom. The second-order valence-corrected chi connectivity index (χ2v) is 6.52. The lowest BCUT2D eigenvalue weighted by molar-refractivity contribution is -0.122. The molecule has 0 aromatic carbocycles. The number of amides is 1. The normalized spacial score (nSPS) is 11.7. The number of hydrogen-bond acceptors (Lipinski definition) is 5. The number of allylic oxidation sites excluding steroid dienone is 2. The lowest BCUT2D eigenvalue weighted by Crippen LogP contribution is -2.55. The lowest BCUT2D eigenvalue weighted by Gasteiger charge is -2.14. The fourth-order valence-electron chi connectivity index (χ4n) is 2.43. The zero-order valence-corrected chi connectivity index (χ0v) is 15.2. The predicted octanol–water partition coefficient (Wildman–Crippen LogP) is 0.483. The van der Waals surface area contributed by atoms with Gasteiger partial charge in [0.1, 0.15) is 6.54 Å². The molecule has 26 heavy (non-hydrogen) atoms. The average molecular weight is 376 g/mol. The molecule has 2 aromatic heterocycles. The number of nitrogens with one attached hydrogen (secondary N) is 1. The van der Waals surface area contributed by atoms with Crippen LogP contribution >= 0.6 is 11.3 Å². The smallest absolute Gasteiger partial charge is 0.337 e. The van der Waals surface area contributed by atoms with E-state index in [0.717, 1.165) is 18.6 Å². The van der Waals surface area contributed by atoms with Crippen molar-refractivity contribution in [3.05, 3.63) is 79.2 Å². The van der Waals surface area contributed by atoms with Gasteiger partial charge in [0.25, 0.3) is 0 Å². The summed E-state index contributed by atoms with van der Waals surface area (Å²) in [4.78, 5) is 50.5. The SMILES string of the molecule is C=CCn1c(=O)n(CC=C)c(=O)n(CC(=O)N[C@H](C)c2cccs2)c1=O. The van der Waals surface area contributed by atoms with Crippen LogP contribution < -0.4 is 22.4 Å². The van der Waals surface area contributed by atoms with Crippen molar-refractivity contribution in [1.82, 2.24) is 19.0 Å². The minimum atomic E-state index is -0.848. The van der Waals surface area contributed by atoms with Gasteiger partial charge >= 0.3 is 17.1 Å². The van der Waals surface area contributed by atoms with Crippen LogP contribution in [0.5, 0.6) is 0 Å². The molecular formula is C17H20N4O4S. The molecule has 0 aliphatic carbocycles. The van der Waals surface area contributed by atoms with Crippen LogP contribution in [0, 0.1) is 0 Å². The second-order valence-electron chi connectivity index (χ2n) is 5.54. The molecule has 0 aliphatic rings. The Bertz CT molecular complexity index is 933. The van der Waals surface area contributed by atoms with E-state index in [2.05, 4.69) is 18.5 Å². The van der Waals surface area contributed by atoms with Crippen LogP contribution in [-0.4, -0.2) is 19.6 Å². The van der Waals surface area contributed by atoms with Crippen LogP contribution in [0.2, 0.25) is 0 Å². The van der Waals surface area contributed by atoms with Crippen LogP contribution in [0.15, 0.2) is 57.2 Å². The summed E-state index contributed by atoms with van der Waals surface area (Å²) in [6, 6.07) is 3.49. The summed E-state index contributed by atoms with van der Waals surface area (Å²) in [7, 11) is 0. The molecule has 0 aliphatic heterocycles. The molecule has 0 saturated carbocycles. The summed E-state index contributed by atoms with van der Waals surface area (Å²) >= 11 is 1.49. The first-order valence-electron chi connectivity index (χ1n) is 7.89. The largest absolute Gasteiger partial charge is 0.347 e. The molecule has 138 valence electrons. The highest BCUT2D eigenvalue weighted by Gasteiger charge is 2.18. The van der Waals surface area contributed by atoms with Crippen LogP contribution in [0.1, 0.15) is 17.8 Å². The molecule has 2 rings (SSSR count). The van der Waals surface area contributed by atoms with Gasteiger partial charge in [0, 0.05) is 4.88 Å². The van der Waals surface area contributed by atoms with Crippen molar-refractivity contribution in [3.8, 4) is 0 Å². The fraction of sp³-hybridized carbons (Fsp3) is 0.294.